The number of nitrogens with one attached hydrogen (secondary N) is 1. The molecule has 2 unspecified atom stereocenters. The number of para-hydroxylation sites is 1. The summed E-state index contributed by atoms with van der Waals surface area (Å²) in [7, 11) is 0. The van der Waals surface area contributed by atoms with E-state index in [0.717, 1.165) is 30.5 Å². The summed E-state index contributed by atoms with van der Waals surface area (Å²) in [4.78, 5) is 20.6. The Morgan fingerprint density at radius 3 is 2.90 bits per heavy atom. The van der Waals surface area contributed by atoms with Gasteiger partial charge in [-0.15, -0.1) is 0 Å². The molecule has 2 aromatic heterocycles. The molecule has 1 saturated heterocycles. The third-order valence-corrected chi connectivity index (χ3v) is 5.48. The largest absolute Gasteiger partial charge is 0.377 e. The minimum absolute atomic E-state index is 0.172. The molecule has 1 fully saturated rings. The molecule has 1 aromatic carbocycles. The highest BCUT2D eigenvalue weighted by Crippen LogP contribution is 2.28. The highest BCUT2D eigenvalue weighted by atomic mass is 19.3. The number of hydrogen-bond donors (Lipinski definition) is 1. The van der Waals surface area contributed by atoms with Crippen molar-refractivity contribution in [3.05, 3.63) is 57.8 Å². The topological polar surface area (TPSA) is 81.9 Å². The van der Waals surface area contributed by atoms with Crippen LogP contribution in [0.1, 0.15) is 36.0 Å². The van der Waals surface area contributed by atoms with Crippen LogP contribution < -0.4 is 10.9 Å². The molecule has 29 heavy (non-hydrogen) atoms. The van der Waals surface area contributed by atoms with Crippen LogP contribution in [0.3, 0.4) is 0 Å². The Kier molecular flexibility index (Phi) is 4.46. The summed E-state index contributed by atoms with van der Waals surface area (Å²) < 4.78 is 33.6. The average Bonchev–Trinajstić information content (AvgIpc) is 3.36. The lowest BCUT2D eigenvalue weighted by atomic mass is 10.1. The number of fused-ring (bicyclic) bond motifs is 2. The maximum absolute atomic E-state index is 13.3. The van der Waals surface area contributed by atoms with Gasteiger partial charge in [-0.3, -0.25) is 4.79 Å². The third kappa shape index (κ3) is 3.25. The first-order valence-electron chi connectivity index (χ1n) is 9.61. The molecule has 0 radical (unpaired) electrons. The number of hydrogen-bond acceptors (Lipinski definition) is 6. The van der Waals surface area contributed by atoms with Gasteiger partial charge in [-0.05, 0) is 37.0 Å². The van der Waals surface area contributed by atoms with Crippen LogP contribution in [0.4, 0.5) is 14.6 Å². The highest BCUT2D eigenvalue weighted by Gasteiger charge is 2.33. The summed E-state index contributed by atoms with van der Waals surface area (Å²) in [6, 6.07) is 7.96. The molecule has 0 amide bonds. The van der Waals surface area contributed by atoms with Gasteiger partial charge in [0.2, 0.25) is 0 Å². The number of aromatic nitrogens is 4. The second kappa shape index (κ2) is 7.14. The zero-order valence-corrected chi connectivity index (χ0v) is 15.5. The van der Waals surface area contributed by atoms with E-state index >= 15 is 0 Å². The molecular formula is C20H19F2N5O2. The molecule has 3 aromatic rings. The molecule has 3 heterocycles. The van der Waals surface area contributed by atoms with E-state index in [-0.39, 0.29) is 17.6 Å². The molecule has 5 rings (SSSR count). The van der Waals surface area contributed by atoms with Crippen molar-refractivity contribution in [2.24, 2.45) is 0 Å². The average molecular weight is 399 g/mol. The molecule has 1 N–H and O–H groups in total. The van der Waals surface area contributed by atoms with Gasteiger partial charge in [0.25, 0.3) is 12.0 Å². The number of benzene rings is 1. The van der Waals surface area contributed by atoms with Crippen molar-refractivity contribution < 1.29 is 13.5 Å². The second-order valence-electron chi connectivity index (χ2n) is 7.36. The van der Waals surface area contributed by atoms with E-state index in [1.54, 1.807) is 30.3 Å². The lowest BCUT2D eigenvalue weighted by molar-refractivity contribution is 0.141. The molecular weight excluding hydrogens is 380 g/mol. The standard InChI is InChI=1S/C20H19F2N5O2/c21-18(22)20-23-14-6-2-1-5-12(14)19(25-20)24-15-9-29-10-16(15)27-17(28)8-11-4-3-7-13(11)26-27/h1-2,5-6,8,15-16,18H,3-4,7,9-10H2,(H,23,24,25). The van der Waals surface area contributed by atoms with Crippen molar-refractivity contribution in [1.29, 1.82) is 0 Å². The molecule has 7 nitrogen and oxygen atoms in total. The SMILES string of the molecule is O=c1cc2c(nn1C1COCC1Nc1nc(C(F)F)nc3ccccc13)CCC2. The first-order valence-corrected chi connectivity index (χ1v) is 9.61. The Labute approximate surface area is 164 Å². The number of nitrogens with zero attached hydrogens (tertiary/aromatic N) is 4. The van der Waals surface area contributed by atoms with Gasteiger partial charge >= 0.3 is 0 Å². The Hall–Kier alpha value is -2.94. The predicted octanol–water partition coefficient (Wildman–Crippen LogP) is 2.66. The van der Waals surface area contributed by atoms with Crippen molar-refractivity contribution in [3.63, 3.8) is 0 Å². The fourth-order valence-electron chi connectivity index (χ4n) is 4.05. The van der Waals surface area contributed by atoms with Gasteiger partial charge in [-0.25, -0.2) is 23.4 Å². The fraction of sp³-hybridized carbons (Fsp3) is 0.400. The Morgan fingerprint density at radius 1 is 1.17 bits per heavy atom. The van der Waals surface area contributed by atoms with Crippen molar-refractivity contribution >= 4 is 16.7 Å². The molecule has 150 valence electrons. The monoisotopic (exact) mass is 399 g/mol. The van der Waals surface area contributed by atoms with E-state index in [9.17, 15) is 13.6 Å². The van der Waals surface area contributed by atoms with Crippen LogP contribution in [-0.2, 0) is 17.6 Å². The zero-order valence-electron chi connectivity index (χ0n) is 15.5. The van der Waals surface area contributed by atoms with Gasteiger partial charge < -0.3 is 10.1 Å². The molecule has 2 aliphatic rings. The maximum atomic E-state index is 13.3. The zero-order chi connectivity index (χ0) is 20.0. The Balaban J connectivity index is 1.51. The fourth-order valence-corrected chi connectivity index (χ4v) is 4.05. The molecule has 0 spiro atoms. The molecule has 1 aliphatic carbocycles. The number of halogens is 2. The van der Waals surface area contributed by atoms with E-state index in [4.69, 9.17) is 4.74 Å². The van der Waals surface area contributed by atoms with E-state index in [1.807, 2.05) is 0 Å². The smallest absolute Gasteiger partial charge is 0.297 e. The molecule has 2 atom stereocenters. The summed E-state index contributed by atoms with van der Waals surface area (Å²) in [5.74, 6) is -0.227. The van der Waals surface area contributed by atoms with Gasteiger partial charge in [-0.1, -0.05) is 12.1 Å². The van der Waals surface area contributed by atoms with Crippen molar-refractivity contribution in [3.8, 4) is 0 Å². The van der Waals surface area contributed by atoms with Gasteiger partial charge in [0, 0.05) is 11.5 Å². The van der Waals surface area contributed by atoms with E-state index in [2.05, 4.69) is 20.4 Å². The maximum Gasteiger partial charge on any atom is 0.297 e. The summed E-state index contributed by atoms with van der Waals surface area (Å²) in [5, 5.41) is 8.42. The van der Waals surface area contributed by atoms with Gasteiger partial charge in [0.05, 0.1) is 30.5 Å². The van der Waals surface area contributed by atoms with Crippen LogP contribution in [-0.4, -0.2) is 39.0 Å². The van der Waals surface area contributed by atoms with Crippen LogP contribution in [0.2, 0.25) is 0 Å². The Morgan fingerprint density at radius 2 is 2.03 bits per heavy atom. The number of alkyl halides is 2. The molecule has 0 saturated carbocycles. The quantitative estimate of drug-likeness (QED) is 0.727. The van der Waals surface area contributed by atoms with Crippen LogP contribution in [0.15, 0.2) is 35.1 Å². The van der Waals surface area contributed by atoms with Crippen LogP contribution in [0, 0.1) is 0 Å². The minimum Gasteiger partial charge on any atom is -0.377 e. The van der Waals surface area contributed by atoms with Crippen LogP contribution in [0.25, 0.3) is 10.9 Å². The van der Waals surface area contributed by atoms with Crippen molar-refractivity contribution in [1.82, 2.24) is 19.7 Å². The molecule has 0 bridgehead atoms. The molecule has 9 heteroatoms. The minimum atomic E-state index is -2.78. The Bertz CT molecular complexity index is 1130. The number of aryl methyl sites for hydroxylation is 2. The number of ether oxygens (including phenoxy) is 1. The summed E-state index contributed by atoms with van der Waals surface area (Å²) in [6.07, 6.45) is -0.0465. The lowest BCUT2D eigenvalue weighted by Gasteiger charge is -2.22. The van der Waals surface area contributed by atoms with E-state index in [0.29, 0.717) is 29.9 Å². The first kappa shape index (κ1) is 18.1. The second-order valence-corrected chi connectivity index (χ2v) is 7.36. The van der Waals surface area contributed by atoms with Crippen molar-refractivity contribution in [2.75, 3.05) is 18.5 Å². The number of anilines is 1. The highest BCUT2D eigenvalue weighted by molar-refractivity contribution is 5.89. The summed E-state index contributed by atoms with van der Waals surface area (Å²) in [6.45, 7) is 0.631. The number of rotatable bonds is 4. The van der Waals surface area contributed by atoms with E-state index in [1.165, 1.54) is 4.68 Å². The van der Waals surface area contributed by atoms with Gasteiger partial charge in [0.1, 0.15) is 11.9 Å². The van der Waals surface area contributed by atoms with Gasteiger partial charge in [-0.2, -0.15) is 5.10 Å². The summed E-state index contributed by atoms with van der Waals surface area (Å²) >= 11 is 0. The summed E-state index contributed by atoms with van der Waals surface area (Å²) in [5.41, 5.74) is 2.22. The third-order valence-electron chi connectivity index (χ3n) is 5.48. The van der Waals surface area contributed by atoms with Crippen LogP contribution in [0.5, 0.6) is 0 Å². The van der Waals surface area contributed by atoms with Crippen molar-refractivity contribution in [2.45, 2.75) is 37.8 Å². The molecule has 1 aliphatic heterocycles. The van der Waals surface area contributed by atoms with E-state index < -0.39 is 12.2 Å². The van der Waals surface area contributed by atoms with Crippen LogP contribution >= 0.6 is 0 Å². The lowest BCUT2D eigenvalue weighted by Crippen LogP contribution is -2.38. The first-order chi connectivity index (χ1) is 14.1. The normalized spacial score (nSPS) is 21.1. The van der Waals surface area contributed by atoms with Gasteiger partial charge in [0.15, 0.2) is 5.82 Å². The predicted molar refractivity (Wildman–Crippen MR) is 102 cm³/mol.